The van der Waals surface area contributed by atoms with Crippen LogP contribution in [-0.2, 0) is 19.4 Å². The van der Waals surface area contributed by atoms with Crippen molar-refractivity contribution in [1.82, 2.24) is 14.1 Å². The summed E-state index contributed by atoms with van der Waals surface area (Å²) in [7, 11) is 0. The fourth-order valence-electron chi connectivity index (χ4n) is 10.8. The molecule has 3 aliphatic heterocycles. The quantitative estimate of drug-likeness (QED) is 0.149. The number of imidazole rings is 1. The molecule has 0 unspecified atom stereocenters. The number of hydrogen-bond donors (Lipinski definition) is 0. The van der Waals surface area contributed by atoms with Gasteiger partial charge in [0.05, 0.1) is 0 Å². The molecule has 322 valence electrons. The third kappa shape index (κ3) is 5.89. The molecule has 0 fully saturated rings. The Morgan fingerprint density at radius 3 is 1.66 bits per heavy atom. The van der Waals surface area contributed by atoms with Gasteiger partial charge in [0.1, 0.15) is 0 Å². The second kappa shape index (κ2) is 15.4. The molecule has 5 heterocycles. The number of rotatable bonds is 7. The molecule has 11 aromatic rings. The second-order valence-electron chi connectivity index (χ2n) is 17.4. The van der Waals surface area contributed by atoms with Crippen LogP contribution in [0.25, 0.3) is 78.0 Å². The van der Waals surface area contributed by atoms with Gasteiger partial charge in [-0.3, -0.25) is 0 Å². The summed E-state index contributed by atoms with van der Waals surface area (Å²) in [6.07, 6.45) is 0. The predicted molar refractivity (Wildman–Crippen MR) is 273 cm³/mol. The maximum atomic E-state index is 6.82. The number of pyridine rings is 1. The second-order valence-corrected chi connectivity index (χ2v) is 18.4. The van der Waals surface area contributed by atoms with Crippen molar-refractivity contribution in [2.45, 2.75) is 0 Å². The predicted octanol–water partition coefficient (Wildman–Crippen LogP) is 14.3. The molecule has 0 saturated heterocycles. The van der Waals surface area contributed by atoms with Gasteiger partial charge in [-0.05, 0) is 17.7 Å². The van der Waals surface area contributed by atoms with Gasteiger partial charge in [-0.2, -0.15) is 0 Å². The van der Waals surface area contributed by atoms with E-state index in [1.165, 1.54) is 44.7 Å². The fraction of sp³-hybridized carbons (Fsp3) is 0. The minimum atomic E-state index is -0.0656. The topological polar surface area (TPSA) is 38.5 Å². The van der Waals surface area contributed by atoms with Gasteiger partial charge < -0.3 is 0 Å². The number of nitrogens with zero attached hydrogens (tertiary/aromatic N) is 5. The van der Waals surface area contributed by atoms with Gasteiger partial charge in [0, 0.05) is 11.3 Å². The Bertz CT molecular complexity index is 3890. The maximum absolute atomic E-state index is 6.82. The Hall–Kier alpha value is -8.25. The van der Waals surface area contributed by atoms with Crippen LogP contribution in [0, 0.1) is 3.80 Å². The van der Waals surface area contributed by atoms with Crippen molar-refractivity contribution in [2.24, 2.45) is 0 Å². The average Bonchev–Trinajstić information content (AvgIpc) is 3.91. The van der Waals surface area contributed by atoms with Gasteiger partial charge in [-0.25, -0.2) is 0 Å². The summed E-state index contributed by atoms with van der Waals surface area (Å²) in [5, 5.41) is 0. The third-order valence-electron chi connectivity index (χ3n) is 13.7. The van der Waals surface area contributed by atoms with Crippen molar-refractivity contribution in [2.75, 3.05) is 9.62 Å². The van der Waals surface area contributed by atoms with Crippen molar-refractivity contribution >= 4 is 46.4 Å². The first-order chi connectivity index (χ1) is 33.7. The summed E-state index contributed by atoms with van der Waals surface area (Å²) in [6.45, 7) is -0.0656. The summed E-state index contributed by atoms with van der Waals surface area (Å²) >= 11 is 2.51. The molecule has 0 aliphatic carbocycles. The fourth-order valence-corrected chi connectivity index (χ4v) is 11.9. The first-order valence-electron chi connectivity index (χ1n) is 22.9. The normalized spacial score (nSPS) is 12.7. The van der Waals surface area contributed by atoms with Gasteiger partial charge in [0.15, 0.2) is 0 Å². The van der Waals surface area contributed by atoms with E-state index in [0.717, 1.165) is 65.5 Å². The summed E-state index contributed by atoms with van der Waals surface area (Å²) in [5.74, 6) is 2.12. The number of aromatic nitrogens is 3. The molecule has 2 aromatic heterocycles. The van der Waals surface area contributed by atoms with Gasteiger partial charge in [0.25, 0.3) is 0 Å². The van der Waals surface area contributed by atoms with Gasteiger partial charge in [0.2, 0.25) is 0 Å². The molecule has 0 radical (unpaired) electrons. The SMILES string of the molecule is [Pt]=[c]1n(-c2cccc(Oc3ccc4c(n3)N3B5c6c(cccc6-4)-c4ccccc4N5c4ccccc43)c2)c2ccccc2n1-c1c(-c2ccccc2)cccc1-c1ccc(-c2ccccc2)cc1. The van der Waals surface area contributed by atoms with Crippen molar-refractivity contribution < 1.29 is 24.1 Å². The molecule has 0 amide bonds. The molecule has 0 spiro atoms. The van der Waals surface area contributed by atoms with Crippen LogP contribution in [0.5, 0.6) is 11.6 Å². The van der Waals surface area contributed by atoms with E-state index >= 15 is 0 Å². The number of hydrogen-bond acceptors (Lipinski definition) is 4. The zero-order valence-electron chi connectivity index (χ0n) is 36.5. The van der Waals surface area contributed by atoms with Crippen molar-refractivity contribution in [1.29, 1.82) is 0 Å². The first kappa shape index (κ1) is 39.0. The van der Waals surface area contributed by atoms with Gasteiger partial charge >= 0.3 is 336 Å². The zero-order chi connectivity index (χ0) is 44.9. The summed E-state index contributed by atoms with van der Waals surface area (Å²) in [4.78, 5) is 10.3. The van der Waals surface area contributed by atoms with E-state index in [2.05, 4.69) is 256 Å². The van der Waals surface area contributed by atoms with E-state index in [0.29, 0.717) is 11.6 Å². The van der Waals surface area contributed by atoms with Crippen LogP contribution in [0.1, 0.15) is 0 Å². The van der Waals surface area contributed by atoms with Crippen LogP contribution in [0.4, 0.5) is 22.9 Å². The Balaban J connectivity index is 0.884. The van der Waals surface area contributed by atoms with Gasteiger partial charge in [-0.1, -0.05) is 42.5 Å². The molecular formula is C60H38BN5OPt. The van der Waals surface area contributed by atoms with Crippen molar-refractivity contribution in [3.63, 3.8) is 0 Å². The van der Waals surface area contributed by atoms with E-state index in [4.69, 9.17) is 9.72 Å². The third-order valence-corrected chi connectivity index (χ3v) is 14.7. The standard InChI is InChI=1S/C60H38BN5O.Pt/c1-3-16-40(17-4-1)41-32-34-43(35-33-41)47-24-14-23-46(42-18-5-2-6-19-42)59(47)64-39-63(53-28-9-10-29-54(53)64)44-20-13-21-45(38-44)67-57-37-36-51-50-26-15-25-49-48-22-7-8-27-52(48)65-55-30-11-12-31-56(55)66(60(51)62-57)61(65)58(49)50;/h1-38H;. The molecule has 14 rings (SSSR count). The van der Waals surface area contributed by atoms with Crippen LogP contribution in [0.15, 0.2) is 231 Å². The van der Waals surface area contributed by atoms with E-state index in [9.17, 15) is 0 Å². The average molecular weight is 1050 g/mol. The van der Waals surface area contributed by atoms with Crippen LogP contribution >= 0.6 is 0 Å². The van der Waals surface area contributed by atoms with Crippen LogP contribution in [-0.4, -0.2) is 21.1 Å². The summed E-state index contributed by atoms with van der Waals surface area (Å²) in [5.41, 5.74) is 20.9. The molecular weight excluding hydrogens is 1010 g/mol. The Morgan fingerprint density at radius 1 is 0.397 bits per heavy atom. The Morgan fingerprint density at radius 2 is 0.926 bits per heavy atom. The molecule has 0 N–H and O–H groups in total. The number of para-hydroxylation sites is 6. The molecule has 0 saturated carbocycles. The minimum absolute atomic E-state index is 0.0656. The van der Waals surface area contributed by atoms with Crippen LogP contribution in [0.2, 0.25) is 0 Å². The molecule has 8 heteroatoms. The molecule has 0 bridgehead atoms. The molecule has 6 nitrogen and oxygen atoms in total. The number of anilines is 4. The van der Waals surface area contributed by atoms with Gasteiger partial charge in [-0.15, -0.1) is 0 Å². The number of benzene rings is 9. The molecule has 9 aromatic carbocycles. The Labute approximate surface area is 404 Å². The molecule has 3 aliphatic rings. The monoisotopic (exact) mass is 1050 g/mol. The van der Waals surface area contributed by atoms with Crippen LogP contribution < -0.4 is 19.8 Å². The molecule has 0 atom stereocenters. The van der Waals surface area contributed by atoms with E-state index < -0.39 is 0 Å². The number of fused-ring (bicyclic) bond motifs is 10. The van der Waals surface area contributed by atoms with Crippen LogP contribution in [0.3, 0.4) is 0 Å². The van der Waals surface area contributed by atoms with Crippen molar-refractivity contribution in [3.05, 3.63) is 234 Å². The van der Waals surface area contributed by atoms with Crippen molar-refractivity contribution in [3.8, 4) is 78.6 Å². The molecule has 68 heavy (non-hydrogen) atoms. The summed E-state index contributed by atoms with van der Waals surface area (Å²) in [6, 6.07) is 82.3. The zero-order valence-corrected chi connectivity index (χ0v) is 38.7. The van der Waals surface area contributed by atoms with E-state index in [1.54, 1.807) is 0 Å². The first-order valence-corrected chi connectivity index (χ1v) is 24.0. The Kier molecular flexibility index (Phi) is 8.83. The summed E-state index contributed by atoms with van der Waals surface area (Å²) < 4.78 is 12.6. The number of ether oxygens (including phenoxy) is 1. The van der Waals surface area contributed by atoms with E-state index in [1.807, 2.05) is 12.1 Å². The van der Waals surface area contributed by atoms with E-state index in [-0.39, 0.29) is 6.98 Å².